The van der Waals surface area contributed by atoms with Crippen LogP contribution < -0.4 is 5.56 Å². The summed E-state index contributed by atoms with van der Waals surface area (Å²) < 4.78 is 2.94. The summed E-state index contributed by atoms with van der Waals surface area (Å²) in [5.74, 6) is 0. The molecule has 0 bridgehead atoms. The van der Waals surface area contributed by atoms with Crippen molar-refractivity contribution in [2.24, 2.45) is 0 Å². The number of nitrogens with zero attached hydrogens (tertiary/aromatic N) is 5. The Balaban J connectivity index is 1.76. The molecule has 0 N–H and O–H groups in total. The first-order valence-corrected chi connectivity index (χ1v) is 9.09. The smallest absolute Gasteiger partial charge is 0.283 e. The molecule has 0 aliphatic carbocycles. The van der Waals surface area contributed by atoms with Crippen LogP contribution in [0.25, 0.3) is 16.9 Å². The van der Waals surface area contributed by atoms with E-state index >= 15 is 0 Å². The lowest BCUT2D eigenvalue weighted by Crippen LogP contribution is -2.21. The number of hydrogen-bond donors (Lipinski definition) is 0. The van der Waals surface area contributed by atoms with E-state index in [9.17, 15) is 4.79 Å². The molecule has 0 radical (unpaired) electrons. The second kappa shape index (κ2) is 6.96. The van der Waals surface area contributed by atoms with Crippen LogP contribution in [0.1, 0.15) is 11.1 Å². The zero-order chi connectivity index (χ0) is 19.1. The van der Waals surface area contributed by atoms with E-state index in [1.54, 1.807) is 24.3 Å². The van der Waals surface area contributed by atoms with Crippen molar-refractivity contribution in [3.05, 3.63) is 79.3 Å². The van der Waals surface area contributed by atoms with Gasteiger partial charge in [0.1, 0.15) is 6.33 Å². The first kappa shape index (κ1) is 18.0. The summed E-state index contributed by atoms with van der Waals surface area (Å²) >= 11 is 18.2. The van der Waals surface area contributed by atoms with Gasteiger partial charge in [-0.05, 0) is 42.3 Å². The van der Waals surface area contributed by atoms with Gasteiger partial charge in [-0.1, -0.05) is 52.1 Å². The fourth-order valence-corrected chi connectivity index (χ4v) is 3.17. The number of halogens is 3. The molecule has 136 valence electrons. The van der Waals surface area contributed by atoms with Gasteiger partial charge in [-0.3, -0.25) is 9.36 Å². The van der Waals surface area contributed by atoms with E-state index in [0.717, 1.165) is 11.1 Å². The van der Waals surface area contributed by atoms with Crippen molar-refractivity contribution in [3.8, 4) is 5.69 Å². The van der Waals surface area contributed by atoms with Crippen LogP contribution in [0.5, 0.6) is 0 Å². The molecule has 0 aliphatic heterocycles. The van der Waals surface area contributed by atoms with Gasteiger partial charge in [0.15, 0.2) is 11.2 Å². The van der Waals surface area contributed by atoms with E-state index in [1.807, 2.05) is 19.1 Å². The van der Waals surface area contributed by atoms with Gasteiger partial charge in [-0.2, -0.15) is 4.68 Å². The maximum absolute atomic E-state index is 12.8. The van der Waals surface area contributed by atoms with Crippen LogP contribution in [0, 0.1) is 6.92 Å². The summed E-state index contributed by atoms with van der Waals surface area (Å²) in [7, 11) is 0. The highest BCUT2D eigenvalue weighted by Crippen LogP contribution is 2.23. The van der Waals surface area contributed by atoms with Crippen LogP contribution in [0.2, 0.25) is 15.1 Å². The zero-order valence-corrected chi connectivity index (χ0v) is 16.3. The van der Waals surface area contributed by atoms with Crippen molar-refractivity contribution in [2.45, 2.75) is 13.5 Å². The Labute approximate surface area is 168 Å². The van der Waals surface area contributed by atoms with Crippen molar-refractivity contribution < 1.29 is 0 Å². The fourth-order valence-electron chi connectivity index (χ4n) is 2.68. The average Bonchev–Trinajstić information content (AvgIpc) is 3.08. The Kier molecular flexibility index (Phi) is 4.63. The predicted molar refractivity (Wildman–Crippen MR) is 106 cm³/mol. The minimum Gasteiger partial charge on any atom is -0.293 e. The minimum atomic E-state index is -0.296. The molecule has 2 aromatic carbocycles. The van der Waals surface area contributed by atoms with Gasteiger partial charge in [0.05, 0.1) is 22.3 Å². The second-order valence-electron chi connectivity index (χ2n) is 6.03. The largest absolute Gasteiger partial charge is 0.293 e. The molecular weight excluding hydrogens is 409 g/mol. The van der Waals surface area contributed by atoms with Gasteiger partial charge in [0.2, 0.25) is 0 Å². The number of benzene rings is 2. The van der Waals surface area contributed by atoms with E-state index in [1.165, 1.54) is 15.6 Å². The van der Waals surface area contributed by atoms with Crippen LogP contribution in [0.3, 0.4) is 0 Å². The quantitative estimate of drug-likeness (QED) is 0.496. The zero-order valence-electron chi connectivity index (χ0n) is 14.0. The van der Waals surface area contributed by atoms with Gasteiger partial charge in [-0.25, -0.2) is 4.98 Å². The highest BCUT2D eigenvalue weighted by atomic mass is 35.5. The Hall–Kier alpha value is -2.41. The lowest BCUT2D eigenvalue weighted by molar-refractivity contribution is 0.745. The highest BCUT2D eigenvalue weighted by molar-refractivity contribution is 6.42. The van der Waals surface area contributed by atoms with Crippen molar-refractivity contribution in [3.63, 3.8) is 0 Å². The number of fused-ring (bicyclic) bond motifs is 1. The Morgan fingerprint density at radius 2 is 1.81 bits per heavy atom. The van der Waals surface area contributed by atoms with Crippen molar-refractivity contribution in [2.75, 3.05) is 0 Å². The van der Waals surface area contributed by atoms with Crippen LogP contribution in [0.4, 0.5) is 0 Å². The molecule has 0 atom stereocenters. The van der Waals surface area contributed by atoms with Gasteiger partial charge < -0.3 is 0 Å². The lowest BCUT2D eigenvalue weighted by Gasteiger charge is -2.07. The molecule has 0 spiro atoms. The Morgan fingerprint density at radius 3 is 2.56 bits per heavy atom. The molecule has 9 heteroatoms. The fraction of sp³-hybridized carbons (Fsp3) is 0.111. The summed E-state index contributed by atoms with van der Waals surface area (Å²) in [6.07, 6.45) is 1.46. The maximum atomic E-state index is 12.8. The third-order valence-electron chi connectivity index (χ3n) is 4.17. The first-order chi connectivity index (χ1) is 12.9. The molecule has 2 aromatic heterocycles. The van der Waals surface area contributed by atoms with Gasteiger partial charge in [0, 0.05) is 5.02 Å². The van der Waals surface area contributed by atoms with E-state index in [4.69, 9.17) is 34.8 Å². The topological polar surface area (TPSA) is 65.6 Å². The molecule has 6 nitrogen and oxygen atoms in total. The Morgan fingerprint density at radius 1 is 1.00 bits per heavy atom. The van der Waals surface area contributed by atoms with Gasteiger partial charge >= 0.3 is 0 Å². The van der Waals surface area contributed by atoms with E-state index in [-0.39, 0.29) is 11.1 Å². The SMILES string of the molecule is Cc1ccc(-n2nnc3c(=O)n(Cc4ccc(Cl)c(Cl)c4)cnc32)cc1Cl. The molecular formula is C18H12Cl3N5O. The molecule has 0 aliphatic rings. The predicted octanol–water partition coefficient (Wildman–Crippen LogP) is 4.29. The molecule has 0 fully saturated rings. The minimum absolute atomic E-state index is 0.175. The number of aromatic nitrogens is 5. The summed E-state index contributed by atoms with van der Waals surface area (Å²) in [6.45, 7) is 2.20. The van der Waals surface area contributed by atoms with Gasteiger partial charge in [-0.15, -0.1) is 5.10 Å². The molecule has 4 rings (SSSR count). The van der Waals surface area contributed by atoms with Crippen molar-refractivity contribution in [1.82, 2.24) is 24.5 Å². The van der Waals surface area contributed by atoms with Crippen molar-refractivity contribution in [1.29, 1.82) is 0 Å². The summed E-state index contributed by atoms with van der Waals surface area (Å²) in [4.78, 5) is 17.1. The van der Waals surface area contributed by atoms with E-state index in [2.05, 4.69) is 15.3 Å². The third-order valence-corrected chi connectivity index (χ3v) is 5.31. The maximum Gasteiger partial charge on any atom is 0.283 e. The molecule has 27 heavy (non-hydrogen) atoms. The first-order valence-electron chi connectivity index (χ1n) is 7.95. The monoisotopic (exact) mass is 419 g/mol. The molecule has 4 aromatic rings. The number of rotatable bonds is 3. The third kappa shape index (κ3) is 3.32. The summed E-state index contributed by atoms with van der Waals surface area (Å²) in [5, 5.41) is 9.56. The standard InChI is InChI=1S/C18H12Cl3N5O/c1-10-2-4-12(7-14(10)20)26-17-16(23-24-26)18(27)25(9-22-17)8-11-3-5-13(19)15(21)6-11/h2-7,9H,8H2,1H3. The van der Waals surface area contributed by atoms with Crippen LogP contribution in [-0.4, -0.2) is 24.5 Å². The van der Waals surface area contributed by atoms with Crippen LogP contribution in [0.15, 0.2) is 47.5 Å². The molecule has 0 saturated carbocycles. The summed E-state index contributed by atoms with van der Waals surface area (Å²) in [5.41, 5.74) is 2.70. The molecule has 0 unspecified atom stereocenters. The molecule has 0 amide bonds. The van der Waals surface area contributed by atoms with Crippen LogP contribution in [-0.2, 0) is 6.54 Å². The lowest BCUT2D eigenvalue weighted by atomic mass is 10.2. The highest BCUT2D eigenvalue weighted by Gasteiger charge is 2.14. The Bertz CT molecular complexity index is 1230. The molecule has 0 saturated heterocycles. The normalized spacial score (nSPS) is 11.3. The average molecular weight is 421 g/mol. The van der Waals surface area contributed by atoms with Crippen LogP contribution >= 0.6 is 34.8 Å². The summed E-state index contributed by atoms with van der Waals surface area (Å²) in [6, 6.07) is 10.7. The van der Waals surface area contributed by atoms with E-state index in [0.29, 0.717) is 32.9 Å². The van der Waals surface area contributed by atoms with Crippen molar-refractivity contribution >= 4 is 46.0 Å². The molecule has 2 heterocycles. The second-order valence-corrected chi connectivity index (χ2v) is 7.25. The number of aryl methyl sites for hydroxylation is 1. The number of hydrogen-bond acceptors (Lipinski definition) is 4. The van der Waals surface area contributed by atoms with Gasteiger partial charge in [0.25, 0.3) is 5.56 Å². The van der Waals surface area contributed by atoms with E-state index < -0.39 is 0 Å².